The average Bonchev–Trinajstić information content (AvgIpc) is 2.95. The number of rotatable bonds is 3. The van der Waals surface area contributed by atoms with E-state index in [4.69, 9.17) is 0 Å². The predicted octanol–water partition coefficient (Wildman–Crippen LogP) is 2.80. The van der Waals surface area contributed by atoms with Gasteiger partial charge in [-0.3, -0.25) is 4.99 Å². The Labute approximate surface area is 155 Å². The summed E-state index contributed by atoms with van der Waals surface area (Å²) in [5.74, 6) is 1.86. The molecule has 3 rings (SSSR count). The van der Waals surface area contributed by atoms with Gasteiger partial charge in [0.2, 0.25) is 0 Å². The number of aromatic nitrogens is 2. The molecule has 0 aliphatic carbocycles. The van der Waals surface area contributed by atoms with Crippen molar-refractivity contribution >= 4 is 35.6 Å². The maximum absolute atomic E-state index is 4.63. The molecule has 0 atom stereocenters. The lowest BCUT2D eigenvalue weighted by Gasteiger charge is -2.32. The Morgan fingerprint density at radius 1 is 1.35 bits per heavy atom. The largest absolute Gasteiger partial charge is 0.356 e. The van der Waals surface area contributed by atoms with Crippen LogP contribution >= 0.6 is 24.0 Å². The molecule has 1 aliphatic heterocycles. The molecule has 1 N–H and O–H groups in total. The molecule has 2 aromatic rings. The summed E-state index contributed by atoms with van der Waals surface area (Å²) >= 11 is 0. The molecule has 0 saturated carbocycles. The second-order valence-corrected chi connectivity index (χ2v) is 6.09. The van der Waals surface area contributed by atoms with Crippen molar-refractivity contribution in [1.82, 2.24) is 19.6 Å². The van der Waals surface area contributed by atoms with Gasteiger partial charge in [-0.15, -0.1) is 24.0 Å². The second-order valence-electron chi connectivity index (χ2n) is 6.09. The highest BCUT2D eigenvalue weighted by Crippen LogP contribution is 2.15. The van der Waals surface area contributed by atoms with E-state index in [0.29, 0.717) is 0 Å². The molecule has 126 valence electrons. The van der Waals surface area contributed by atoms with Gasteiger partial charge >= 0.3 is 0 Å². The Morgan fingerprint density at radius 2 is 2.13 bits per heavy atom. The molecule has 3 heterocycles. The normalized spacial score (nSPS) is 16.4. The fourth-order valence-electron chi connectivity index (χ4n) is 2.96. The summed E-state index contributed by atoms with van der Waals surface area (Å²) < 4.78 is 2.07. The Hall–Kier alpha value is -1.31. The van der Waals surface area contributed by atoms with E-state index in [1.165, 1.54) is 12.8 Å². The first kappa shape index (κ1) is 18.0. The number of imidazole rings is 1. The zero-order chi connectivity index (χ0) is 15.4. The number of aliphatic imine (C=N–C) groups is 1. The van der Waals surface area contributed by atoms with E-state index in [1.54, 1.807) is 0 Å². The SMILES string of the molecule is CN=C(NCCc1cn2ccccc2n1)N1CCC(C)CC1.I. The third-order valence-electron chi connectivity index (χ3n) is 4.37. The lowest BCUT2D eigenvalue weighted by atomic mass is 10.00. The number of fused-ring (bicyclic) bond motifs is 1. The van der Waals surface area contributed by atoms with Crippen LogP contribution in [-0.2, 0) is 6.42 Å². The quantitative estimate of drug-likeness (QED) is 0.466. The summed E-state index contributed by atoms with van der Waals surface area (Å²) in [6, 6.07) is 6.07. The Balaban J connectivity index is 0.00000192. The summed E-state index contributed by atoms with van der Waals surface area (Å²) in [6.45, 7) is 5.41. The minimum atomic E-state index is 0. The van der Waals surface area contributed by atoms with Crippen molar-refractivity contribution in [3.8, 4) is 0 Å². The Bertz CT molecular complexity index is 610. The first-order valence-corrected chi connectivity index (χ1v) is 8.14. The molecule has 0 spiro atoms. The maximum Gasteiger partial charge on any atom is 0.193 e. The fourth-order valence-corrected chi connectivity index (χ4v) is 2.96. The Kier molecular flexibility index (Phi) is 6.68. The number of nitrogens with zero attached hydrogens (tertiary/aromatic N) is 4. The van der Waals surface area contributed by atoms with Gasteiger partial charge in [0, 0.05) is 45.5 Å². The molecule has 0 radical (unpaired) electrons. The van der Waals surface area contributed by atoms with Crippen LogP contribution in [0, 0.1) is 5.92 Å². The summed E-state index contributed by atoms with van der Waals surface area (Å²) in [5.41, 5.74) is 2.12. The smallest absolute Gasteiger partial charge is 0.193 e. The van der Waals surface area contributed by atoms with E-state index in [9.17, 15) is 0 Å². The molecule has 6 heteroatoms. The minimum Gasteiger partial charge on any atom is -0.356 e. The van der Waals surface area contributed by atoms with Crippen LogP contribution in [0.3, 0.4) is 0 Å². The number of hydrogen-bond acceptors (Lipinski definition) is 2. The molecule has 1 fully saturated rings. The van der Waals surface area contributed by atoms with Gasteiger partial charge in [-0.1, -0.05) is 13.0 Å². The minimum absolute atomic E-state index is 0. The molecule has 0 amide bonds. The van der Waals surface area contributed by atoms with E-state index in [-0.39, 0.29) is 24.0 Å². The molecule has 0 unspecified atom stereocenters. The lowest BCUT2D eigenvalue weighted by molar-refractivity contribution is 0.273. The van der Waals surface area contributed by atoms with Gasteiger partial charge in [0.25, 0.3) is 0 Å². The molecular weight excluding hydrogens is 401 g/mol. The van der Waals surface area contributed by atoms with Gasteiger partial charge in [0.15, 0.2) is 5.96 Å². The molecule has 23 heavy (non-hydrogen) atoms. The molecule has 1 saturated heterocycles. The fraction of sp³-hybridized carbons (Fsp3) is 0.529. The highest BCUT2D eigenvalue weighted by molar-refractivity contribution is 14.0. The highest BCUT2D eigenvalue weighted by atomic mass is 127. The van der Waals surface area contributed by atoms with Crippen LogP contribution in [0.2, 0.25) is 0 Å². The molecule has 0 bridgehead atoms. The topological polar surface area (TPSA) is 44.9 Å². The van der Waals surface area contributed by atoms with Gasteiger partial charge in [-0.2, -0.15) is 0 Å². The van der Waals surface area contributed by atoms with Gasteiger partial charge in [-0.25, -0.2) is 4.98 Å². The summed E-state index contributed by atoms with van der Waals surface area (Å²) in [7, 11) is 1.87. The number of likely N-dealkylation sites (tertiary alicyclic amines) is 1. The number of nitrogens with one attached hydrogen (secondary N) is 1. The zero-order valence-corrected chi connectivity index (χ0v) is 16.2. The monoisotopic (exact) mass is 427 g/mol. The average molecular weight is 427 g/mol. The van der Waals surface area contributed by atoms with E-state index < -0.39 is 0 Å². The van der Waals surface area contributed by atoms with Crippen molar-refractivity contribution in [3.05, 3.63) is 36.3 Å². The number of halogens is 1. The molecule has 0 aromatic carbocycles. The van der Waals surface area contributed by atoms with Crippen molar-refractivity contribution in [3.63, 3.8) is 0 Å². The number of piperidine rings is 1. The Morgan fingerprint density at radius 3 is 2.83 bits per heavy atom. The molecule has 1 aliphatic rings. The van der Waals surface area contributed by atoms with E-state index in [0.717, 1.165) is 49.3 Å². The van der Waals surface area contributed by atoms with E-state index in [1.807, 2.05) is 31.4 Å². The highest BCUT2D eigenvalue weighted by Gasteiger charge is 2.18. The van der Waals surface area contributed by atoms with E-state index >= 15 is 0 Å². The summed E-state index contributed by atoms with van der Waals surface area (Å²) in [6.07, 6.45) is 7.56. The lowest BCUT2D eigenvalue weighted by Crippen LogP contribution is -2.45. The van der Waals surface area contributed by atoms with Crippen LogP contribution in [0.5, 0.6) is 0 Å². The number of guanidine groups is 1. The first-order chi connectivity index (χ1) is 10.8. The third kappa shape index (κ3) is 4.59. The summed E-state index contributed by atoms with van der Waals surface area (Å²) in [5, 5.41) is 3.47. The van der Waals surface area contributed by atoms with Crippen LogP contribution in [-0.4, -0.2) is 46.9 Å². The number of pyridine rings is 1. The van der Waals surface area contributed by atoms with Crippen LogP contribution in [0.25, 0.3) is 5.65 Å². The number of hydrogen-bond donors (Lipinski definition) is 1. The van der Waals surface area contributed by atoms with Crippen molar-refractivity contribution in [2.45, 2.75) is 26.2 Å². The maximum atomic E-state index is 4.63. The third-order valence-corrected chi connectivity index (χ3v) is 4.37. The second kappa shape index (κ2) is 8.52. The van der Waals surface area contributed by atoms with Gasteiger partial charge in [0.1, 0.15) is 5.65 Å². The zero-order valence-electron chi connectivity index (χ0n) is 13.9. The van der Waals surface area contributed by atoms with Crippen LogP contribution in [0.15, 0.2) is 35.6 Å². The summed E-state index contributed by atoms with van der Waals surface area (Å²) in [4.78, 5) is 11.4. The van der Waals surface area contributed by atoms with Gasteiger partial charge < -0.3 is 14.6 Å². The molecule has 5 nitrogen and oxygen atoms in total. The van der Waals surface area contributed by atoms with Crippen LogP contribution < -0.4 is 5.32 Å². The van der Waals surface area contributed by atoms with Crippen molar-refractivity contribution in [2.75, 3.05) is 26.7 Å². The van der Waals surface area contributed by atoms with Crippen LogP contribution in [0.4, 0.5) is 0 Å². The van der Waals surface area contributed by atoms with Crippen molar-refractivity contribution < 1.29 is 0 Å². The van der Waals surface area contributed by atoms with Crippen LogP contribution in [0.1, 0.15) is 25.5 Å². The van der Waals surface area contributed by atoms with Gasteiger partial charge in [-0.05, 0) is 30.9 Å². The van der Waals surface area contributed by atoms with Crippen molar-refractivity contribution in [1.29, 1.82) is 0 Å². The molecule has 2 aromatic heterocycles. The van der Waals surface area contributed by atoms with Gasteiger partial charge in [0.05, 0.1) is 5.69 Å². The molecular formula is C17H26IN5. The standard InChI is InChI=1S/C17H25N5.HI/c1-14-7-11-21(12-8-14)17(18-2)19-9-6-15-13-22-10-4-3-5-16(22)20-15;/h3-5,10,13-14H,6-9,11-12H2,1-2H3,(H,18,19);1H. The predicted molar refractivity (Wildman–Crippen MR) is 106 cm³/mol. The first-order valence-electron chi connectivity index (χ1n) is 8.14. The van der Waals surface area contributed by atoms with E-state index in [2.05, 4.69) is 37.7 Å². The van der Waals surface area contributed by atoms with Crippen molar-refractivity contribution in [2.24, 2.45) is 10.9 Å².